The van der Waals surface area contributed by atoms with E-state index >= 15 is 0 Å². The Hall–Kier alpha value is 0.150. The van der Waals surface area contributed by atoms with E-state index in [2.05, 4.69) is 15.9 Å². The highest BCUT2D eigenvalue weighted by molar-refractivity contribution is 9.11. The third-order valence-corrected chi connectivity index (χ3v) is 0.247. The molecule has 0 aromatic carbocycles. The van der Waals surface area contributed by atoms with Crippen LogP contribution in [-0.4, -0.2) is 0 Å². The Morgan fingerprint density at radius 1 is 1.75 bits per heavy atom. The highest BCUT2D eigenvalue weighted by atomic mass is 79.9. The summed E-state index contributed by atoms with van der Waals surface area (Å²) in [4.78, 5) is 1.15. The van der Waals surface area contributed by atoms with Gasteiger partial charge in [0.2, 0.25) is 0 Å². The van der Waals surface area contributed by atoms with Crippen molar-refractivity contribution in [3.05, 3.63) is 11.3 Å². The van der Waals surface area contributed by atoms with Crippen molar-refractivity contribution in [2.75, 3.05) is 0 Å². The first kappa shape index (κ1) is 4.15. The largest absolute Gasteiger partial charge is 0.215 e. The maximum atomic E-state index is 10.5. The van der Waals surface area contributed by atoms with E-state index < -0.39 is 0 Å². The molecule has 24 valence electrons. The molecular formula is C2H2BrF. The van der Waals surface area contributed by atoms with Gasteiger partial charge in [-0.15, -0.1) is 0 Å². The molecule has 0 rings (SSSR count). The maximum Gasteiger partial charge on any atom is 0.0936 e. The zero-order chi connectivity index (χ0) is 3.41. The van der Waals surface area contributed by atoms with Gasteiger partial charge in [0.15, 0.2) is 0 Å². The average molecular weight is 125 g/mol. The molecule has 0 saturated carbocycles. The van der Waals surface area contributed by atoms with Crippen LogP contribution in [-0.2, 0) is 0 Å². The Kier molecular flexibility index (Phi) is 3.27. The van der Waals surface area contributed by atoms with E-state index in [1.54, 1.807) is 0 Å². The van der Waals surface area contributed by atoms with E-state index in [1.165, 1.54) is 0 Å². The van der Waals surface area contributed by atoms with E-state index in [4.69, 9.17) is 0 Å². The highest BCUT2D eigenvalue weighted by Gasteiger charge is 1.41. The molecule has 0 aliphatic heterocycles. The molecule has 0 saturated heterocycles. The summed E-state index contributed by atoms with van der Waals surface area (Å²) in [5, 5.41) is 0. The summed E-state index contributed by atoms with van der Waals surface area (Å²) in [6.07, 6.45) is 0.417. The molecule has 0 fully saturated rings. The minimum absolute atomic E-state index is 0.417. The lowest BCUT2D eigenvalue weighted by Gasteiger charge is -1.43. The Morgan fingerprint density at radius 3 is 2.00 bits per heavy atom. The third-order valence-electron chi connectivity index (χ3n) is 0.0476. The van der Waals surface area contributed by atoms with Crippen molar-refractivity contribution in [1.82, 2.24) is 0 Å². The summed E-state index contributed by atoms with van der Waals surface area (Å²) in [5.74, 6) is 0. The van der Waals surface area contributed by atoms with Crippen molar-refractivity contribution in [3.8, 4) is 0 Å². The van der Waals surface area contributed by atoms with Gasteiger partial charge in [0.05, 0.1) is 6.33 Å². The molecule has 0 unspecified atom stereocenters. The van der Waals surface area contributed by atoms with Crippen LogP contribution < -0.4 is 0 Å². The smallest absolute Gasteiger partial charge is 0.0936 e. The highest BCUT2D eigenvalue weighted by Crippen LogP contribution is 1.78. The zero-order valence-corrected chi connectivity index (χ0v) is 3.50. The maximum absolute atomic E-state index is 10.5. The molecule has 2 heteroatoms. The Bertz CT molecular complexity index is 21.2. The topological polar surface area (TPSA) is 0 Å². The van der Waals surface area contributed by atoms with Crippen LogP contribution in [0.25, 0.3) is 0 Å². The van der Waals surface area contributed by atoms with Gasteiger partial charge >= 0.3 is 0 Å². The average Bonchev–Trinajstić information content (AvgIpc) is 1.37. The molecule has 0 amide bonds. The van der Waals surface area contributed by atoms with Gasteiger partial charge in [0.25, 0.3) is 0 Å². The second-order valence-electron chi connectivity index (χ2n) is 0.252. The van der Waals surface area contributed by atoms with Crippen molar-refractivity contribution < 1.29 is 4.39 Å². The normalized spacial score (nSPS) is 9.50. The van der Waals surface area contributed by atoms with Crippen LogP contribution in [0.3, 0.4) is 0 Å². The van der Waals surface area contributed by atoms with Crippen LogP contribution in [0.5, 0.6) is 0 Å². The van der Waals surface area contributed by atoms with E-state index in [0.29, 0.717) is 6.33 Å². The van der Waals surface area contributed by atoms with E-state index in [1.807, 2.05) is 0 Å². The first-order chi connectivity index (χ1) is 1.91. The summed E-state index contributed by atoms with van der Waals surface area (Å²) in [5.41, 5.74) is 0. The molecule has 0 nitrogen and oxygen atoms in total. The van der Waals surface area contributed by atoms with Crippen molar-refractivity contribution in [2.24, 2.45) is 0 Å². The number of hydrogen-bond donors (Lipinski definition) is 0. The first-order valence-electron chi connectivity index (χ1n) is 0.770. The molecule has 0 spiro atoms. The van der Waals surface area contributed by atoms with Crippen molar-refractivity contribution in [2.45, 2.75) is 0 Å². The Morgan fingerprint density at radius 2 is 2.00 bits per heavy atom. The Balaban J connectivity index is 2.55. The second kappa shape index (κ2) is 3.15. The second-order valence-corrected chi connectivity index (χ2v) is 0.781. The fourth-order valence-corrected chi connectivity index (χ4v) is 0. The molecule has 0 N–H and O–H groups in total. The molecule has 0 aliphatic carbocycles. The van der Waals surface area contributed by atoms with Gasteiger partial charge in [0, 0.05) is 4.99 Å². The van der Waals surface area contributed by atoms with Crippen LogP contribution in [0.2, 0.25) is 0 Å². The van der Waals surface area contributed by atoms with Gasteiger partial charge in [-0.1, -0.05) is 15.9 Å². The molecule has 4 heavy (non-hydrogen) atoms. The van der Waals surface area contributed by atoms with Gasteiger partial charge in [0.1, 0.15) is 0 Å². The van der Waals surface area contributed by atoms with Gasteiger partial charge in [-0.05, 0) is 0 Å². The SMILES string of the molecule is F/C=C\Br. The van der Waals surface area contributed by atoms with Crippen LogP contribution in [0.15, 0.2) is 11.3 Å². The lowest BCUT2D eigenvalue weighted by molar-refractivity contribution is 0.724. The predicted octanol–water partition coefficient (Wildman–Crippen LogP) is 1.82. The quantitative estimate of drug-likeness (QED) is 0.463. The minimum atomic E-state index is 0.417. The van der Waals surface area contributed by atoms with Crippen LogP contribution >= 0.6 is 15.9 Å². The minimum Gasteiger partial charge on any atom is -0.215 e. The van der Waals surface area contributed by atoms with Crippen LogP contribution in [0.1, 0.15) is 0 Å². The summed E-state index contributed by atoms with van der Waals surface area (Å²) in [6.45, 7) is 0. The summed E-state index contributed by atoms with van der Waals surface area (Å²) < 4.78 is 10.5. The molecule has 0 atom stereocenters. The molecule has 0 aromatic rings. The number of halogens is 2. The van der Waals surface area contributed by atoms with Crippen LogP contribution in [0, 0.1) is 0 Å². The summed E-state index contributed by atoms with van der Waals surface area (Å²) >= 11 is 2.69. The molecule has 0 aliphatic rings. The zero-order valence-electron chi connectivity index (χ0n) is 1.91. The van der Waals surface area contributed by atoms with Crippen LogP contribution in [0.4, 0.5) is 4.39 Å². The van der Waals surface area contributed by atoms with E-state index in [-0.39, 0.29) is 0 Å². The standard InChI is InChI=1S/C2H2BrF/c3-1-2-4/h1-2H/b2-1-. The van der Waals surface area contributed by atoms with Crippen molar-refractivity contribution in [1.29, 1.82) is 0 Å². The lowest BCUT2D eigenvalue weighted by Crippen LogP contribution is -1.13. The van der Waals surface area contributed by atoms with Gasteiger partial charge < -0.3 is 0 Å². The van der Waals surface area contributed by atoms with E-state index in [0.717, 1.165) is 4.99 Å². The summed E-state index contributed by atoms with van der Waals surface area (Å²) in [7, 11) is 0. The number of rotatable bonds is 0. The van der Waals surface area contributed by atoms with Crippen molar-refractivity contribution >= 4 is 15.9 Å². The molecule has 0 bridgehead atoms. The lowest BCUT2D eigenvalue weighted by atomic mass is 11.2. The van der Waals surface area contributed by atoms with Gasteiger partial charge in [-0.3, -0.25) is 0 Å². The fourth-order valence-electron chi connectivity index (χ4n) is 0. The molecule has 0 radical (unpaired) electrons. The molecular weight excluding hydrogens is 123 g/mol. The third kappa shape index (κ3) is 2.15. The molecule has 0 heterocycles. The van der Waals surface area contributed by atoms with Crippen molar-refractivity contribution in [3.63, 3.8) is 0 Å². The number of hydrogen-bond acceptors (Lipinski definition) is 0. The predicted molar refractivity (Wildman–Crippen MR) is 19.2 cm³/mol. The first-order valence-corrected chi connectivity index (χ1v) is 1.69. The van der Waals surface area contributed by atoms with E-state index in [9.17, 15) is 4.39 Å². The summed E-state index contributed by atoms with van der Waals surface area (Å²) in [6, 6.07) is 0. The molecule has 0 aromatic heterocycles. The monoisotopic (exact) mass is 124 g/mol. The van der Waals surface area contributed by atoms with Gasteiger partial charge in [-0.25, -0.2) is 4.39 Å². The fraction of sp³-hybridized carbons (Fsp3) is 0. The van der Waals surface area contributed by atoms with Gasteiger partial charge in [-0.2, -0.15) is 0 Å². The Labute approximate surface area is 32.4 Å².